The first-order valence-electron chi connectivity index (χ1n) is 11.4. The van der Waals surface area contributed by atoms with E-state index < -0.39 is 0 Å². The summed E-state index contributed by atoms with van der Waals surface area (Å²) in [4.78, 5) is 7.93. The van der Waals surface area contributed by atoms with Crippen molar-refractivity contribution >= 4 is 10.9 Å². The summed E-state index contributed by atoms with van der Waals surface area (Å²) in [6, 6.07) is 10.5. The standard InChI is InChI=1S/C24H38N4O/c1-19(2)27-11-8-21(9-12-27)28-14-13-26(18-22(28)10-15-29)17-20-16-25(3)24-7-5-4-6-23(20)24/h4-7,16,19,21-22,29H,8-15,17-18H2,1-3H3. The van der Waals surface area contributed by atoms with Crippen molar-refractivity contribution in [2.45, 2.75) is 57.8 Å². The van der Waals surface area contributed by atoms with Gasteiger partial charge >= 0.3 is 0 Å². The fraction of sp³-hybridized carbons (Fsp3) is 0.667. The van der Waals surface area contributed by atoms with Crippen LogP contribution in [-0.2, 0) is 13.6 Å². The second-order valence-corrected chi connectivity index (χ2v) is 9.28. The van der Waals surface area contributed by atoms with Crippen LogP contribution >= 0.6 is 0 Å². The highest BCUT2D eigenvalue weighted by atomic mass is 16.3. The Morgan fingerprint density at radius 3 is 2.55 bits per heavy atom. The van der Waals surface area contributed by atoms with Crippen molar-refractivity contribution in [1.29, 1.82) is 0 Å². The molecule has 0 amide bonds. The number of aryl methyl sites for hydroxylation is 1. The predicted octanol–water partition coefficient (Wildman–Crippen LogP) is 2.92. The number of aliphatic hydroxyl groups is 1. The molecule has 0 bridgehead atoms. The van der Waals surface area contributed by atoms with E-state index in [0.717, 1.165) is 32.6 Å². The summed E-state index contributed by atoms with van der Waals surface area (Å²) in [6.07, 6.45) is 5.71. The van der Waals surface area contributed by atoms with Gasteiger partial charge < -0.3 is 14.6 Å². The highest BCUT2D eigenvalue weighted by Gasteiger charge is 2.34. The molecule has 4 rings (SSSR count). The monoisotopic (exact) mass is 398 g/mol. The summed E-state index contributed by atoms with van der Waals surface area (Å²) in [5.74, 6) is 0. The normalized spacial score (nSPS) is 23.4. The van der Waals surface area contributed by atoms with E-state index in [0.29, 0.717) is 18.1 Å². The fourth-order valence-electron chi connectivity index (χ4n) is 5.49. The second-order valence-electron chi connectivity index (χ2n) is 9.28. The van der Waals surface area contributed by atoms with Gasteiger partial charge in [-0.2, -0.15) is 0 Å². The predicted molar refractivity (Wildman–Crippen MR) is 120 cm³/mol. The van der Waals surface area contributed by atoms with Gasteiger partial charge in [0.15, 0.2) is 0 Å². The van der Waals surface area contributed by atoms with Crippen LogP contribution in [0.3, 0.4) is 0 Å². The van der Waals surface area contributed by atoms with Gasteiger partial charge in [-0.1, -0.05) is 18.2 Å². The quantitative estimate of drug-likeness (QED) is 0.811. The maximum atomic E-state index is 9.71. The van der Waals surface area contributed by atoms with Crippen LogP contribution in [0.25, 0.3) is 10.9 Å². The first-order valence-corrected chi connectivity index (χ1v) is 11.4. The number of likely N-dealkylation sites (tertiary alicyclic amines) is 1. The number of nitrogens with zero attached hydrogens (tertiary/aromatic N) is 4. The summed E-state index contributed by atoms with van der Waals surface area (Å²) < 4.78 is 2.24. The number of rotatable bonds is 6. The fourth-order valence-corrected chi connectivity index (χ4v) is 5.49. The van der Waals surface area contributed by atoms with Crippen LogP contribution in [0.15, 0.2) is 30.5 Å². The van der Waals surface area contributed by atoms with Crippen LogP contribution in [0.4, 0.5) is 0 Å². The molecule has 1 unspecified atom stereocenters. The van der Waals surface area contributed by atoms with Gasteiger partial charge in [0.2, 0.25) is 0 Å². The lowest BCUT2D eigenvalue weighted by Crippen LogP contribution is -2.58. The van der Waals surface area contributed by atoms with Crippen molar-refractivity contribution in [2.75, 3.05) is 39.3 Å². The van der Waals surface area contributed by atoms with Crippen molar-refractivity contribution < 1.29 is 5.11 Å². The zero-order valence-corrected chi connectivity index (χ0v) is 18.4. The number of aliphatic hydroxyl groups excluding tert-OH is 1. The van der Waals surface area contributed by atoms with E-state index in [9.17, 15) is 5.11 Å². The largest absolute Gasteiger partial charge is 0.396 e. The highest BCUT2D eigenvalue weighted by molar-refractivity contribution is 5.83. The minimum atomic E-state index is 0.286. The lowest BCUT2D eigenvalue weighted by atomic mass is 9.97. The molecule has 5 nitrogen and oxygen atoms in total. The minimum absolute atomic E-state index is 0.286. The molecule has 3 heterocycles. The average Bonchev–Trinajstić information content (AvgIpc) is 3.04. The molecule has 2 aliphatic rings. The molecule has 5 heteroatoms. The van der Waals surface area contributed by atoms with Crippen molar-refractivity contribution in [2.24, 2.45) is 7.05 Å². The summed E-state index contributed by atoms with van der Waals surface area (Å²) in [5.41, 5.74) is 2.73. The van der Waals surface area contributed by atoms with E-state index >= 15 is 0 Å². The Morgan fingerprint density at radius 2 is 1.83 bits per heavy atom. The lowest BCUT2D eigenvalue weighted by molar-refractivity contribution is 0.0000651. The van der Waals surface area contributed by atoms with Crippen LogP contribution < -0.4 is 0 Å². The summed E-state index contributed by atoms with van der Waals surface area (Å²) in [5, 5.41) is 11.1. The zero-order chi connectivity index (χ0) is 20.4. The van der Waals surface area contributed by atoms with E-state index in [4.69, 9.17) is 0 Å². The van der Waals surface area contributed by atoms with Crippen molar-refractivity contribution in [3.05, 3.63) is 36.0 Å². The molecular formula is C24H38N4O. The van der Waals surface area contributed by atoms with E-state index in [1.807, 2.05) is 0 Å². The topological polar surface area (TPSA) is 34.9 Å². The van der Waals surface area contributed by atoms with E-state index in [1.165, 1.54) is 42.4 Å². The lowest BCUT2D eigenvalue weighted by Gasteiger charge is -2.48. The molecule has 1 aromatic heterocycles. The van der Waals surface area contributed by atoms with E-state index in [1.54, 1.807) is 0 Å². The van der Waals surface area contributed by atoms with E-state index in [2.05, 4.69) is 70.6 Å². The summed E-state index contributed by atoms with van der Waals surface area (Å²) >= 11 is 0. The molecule has 2 aromatic rings. The summed E-state index contributed by atoms with van der Waals surface area (Å²) in [7, 11) is 2.14. The van der Waals surface area contributed by atoms with Gasteiger partial charge in [-0.25, -0.2) is 0 Å². The van der Waals surface area contributed by atoms with Gasteiger partial charge in [0, 0.05) is 75.1 Å². The Hall–Kier alpha value is -1.40. The Bertz CT molecular complexity index is 793. The minimum Gasteiger partial charge on any atom is -0.396 e. The third-order valence-corrected chi connectivity index (χ3v) is 7.15. The molecule has 0 spiro atoms. The van der Waals surface area contributed by atoms with Crippen LogP contribution in [-0.4, -0.2) is 81.8 Å². The molecule has 1 atom stereocenters. The van der Waals surface area contributed by atoms with E-state index in [-0.39, 0.29) is 6.61 Å². The maximum Gasteiger partial charge on any atom is 0.0481 e. The molecule has 0 saturated carbocycles. The SMILES string of the molecule is CC(C)N1CCC(N2CCN(Cc3cn(C)c4ccccc34)CC2CCO)CC1. The van der Waals surface area contributed by atoms with Gasteiger partial charge in [-0.05, 0) is 57.8 Å². The van der Waals surface area contributed by atoms with Gasteiger partial charge in [0.1, 0.15) is 0 Å². The Balaban J connectivity index is 1.41. The van der Waals surface area contributed by atoms with Crippen molar-refractivity contribution in [3.63, 3.8) is 0 Å². The molecule has 0 aliphatic carbocycles. The zero-order valence-electron chi connectivity index (χ0n) is 18.4. The number of benzene rings is 1. The van der Waals surface area contributed by atoms with Crippen LogP contribution in [0, 0.1) is 0 Å². The number of para-hydroxylation sites is 1. The molecule has 0 radical (unpaired) electrons. The molecule has 2 aliphatic heterocycles. The Morgan fingerprint density at radius 1 is 1.07 bits per heavy atom. The number of hydrogen-bond acceptors (Lipinski definition) is 4. The number of piperazine rings is 1. The van der Waals surface area contributed by atoms with Gasteiger partial charge in [0.25, 0.3) is 0 Å². The van der Waals surface area contributed by atoms with Crippen molar-refractivity contribution in [1.82, 2.24) is 19.3 Å². The van der Waals surface area contributed by atoms with Crippen LogP contribution in [0.5, 0.6) is 0 Å². The number of piperidine rings is 1. The molecule has 29 heavy (non-hydrogen) atoms. The molecule has 2 saturated heterocycles. The molecular weight excluding hydrogens is 360 g/mol. The van der Waals surface area contributed by atoms with Crippen LogP contribution in [0.2, 0.25) is 0 Å². The Labute approximate surface area is 175 Å². The molecule has 160 valence electrons. The second kappa shape index (κ2) is 9.17. The third kappa shape index (κ3) is 4.53. The molecule has 2 fully saturated rings. The Kier molecular flexibility index (Phi) is 6.60. The first kappa shape index (κ1) is 20.9. The number of hydrogen-bond donors (Lipinski definition) is 1. The maximum absolute atomic E-state index is 9.71. The average molecular weight is 399 g/mol. The third-order valence-electron chi connectivity index (χ3n) is 7.15. The smallest absolute Gasteiger partial charge is 0.0481 e. The van der Waals surface area contributed by atoms with Gasteiger partial charge in [-0.3, -0.25) is 9.80 Å². The molecule has 1 aromatic carbocycles. The van der Waals surface area contributed by atoms with Gasteiger partial charge in [0.05, 0.1) is 0 Å². The molecule has 1 N–H and O–H groups in total. The highest BCUT2D eigenvalue weighted by Crippen LogP contribution is 2.27. The van der Waals surface area contributed by atoms with Crippen LogP contribution in [0.1, 0.15) is 38.7 Å². The number of fused-ring (bicyclic) bond motifs is 1. The van der Waals surface area contributed by atoms with Gasteiger partial charge in [-0.15, -0.1) is 0 Å². The number of aromatic nitrogens is 1. The first-order chi connectivity index (χ1) is 14.1. The summed E-state index contributed by atoms with van der Waals surface area (Å²) in [6.45, 7) is 11.6. The van der Waals surface area contributed by atoms with Crippen molar-refractivity contribution in [3.8, 4) is 0 Å².